The Morgan fingerprint density at radius 3 is 2.28 bits per heavy atom. The number of benzene rings is 3. The minimum Gasteiger partial charge on any atom is -0.497 e. The average molecular weight is 487 g/mol. The number of piperazine rings is 1. The first-order chi connectivity index (χ1) is 17.6. The number of carbonyl (C=O) groups excluding carboxylic acids is 1. The SMILES string of the molecule is COc1ccc(C2=NN(C(=O)CN3CCN(Cc4ccccc4)CC3)[C@H](c3ccccc3F)C2)cc1. The van der Waals surface area contributed by atoms with Crippen molar-refractivity contribution in [1.82, 2.24) is 14.8 Å². The normalized spacial score (nSPS) is 18.8. The molecule has 0 bridgehead atoms. The molecule has 1 atom stereocenters. The summed E-state index contributed by atoms with van der Waals surface area (Å²) < 4.78 is 20.0. The number of nitrogens with zero attached hydrogens (tertiary/aromatic N) is 4. The highest BCUT2D eigenvalue weighted by Gasteiger charge is 2.35. The molecule has 3 aromatic carbocycles. The standard InChI is InChI=1S/C29H31FN4O2/c1-36-24-13-11-23(12-14-24)27-19-28(25-9-5-6-10-26(25)30)34(31-27)29(35)21-33-17-15-32(16-18-33)20-22-7-3-2-4-8-22/h2-14,28H,15-21H2,1H3/t28-/m0/s1. The van der Waals surface area contributed by atoms with Crippen molar-refractivity contribution in [2.45, 2.75) is 19.0 Å². The molecule has 0 aliphatic carbocycles. The van der Waals surface area contributed by atoms with Gasteiger partial charge in [-0.1, -0.05) is 48.5 Å². The minimum atomic E-state index is -0.463. The molecule has 0 aromatic heterocycles. The lowest BCUT2D eigenvalue weighted by molar-refractivity contribution is -0.134. The fourth-order valence-corrected chi connectivity index (χ4v) is 4.90. The van der Waals surface area contributed by atoms with Crippen molar-refractivity contribution < 1.29 is 13.9 Å². The van der Waals surface area contributed by atoms with E-state index in [1.807, 2.05) is 30.3 Å². The molecule has 186 valence electrons. The number of hydrogen-bond donors (Lipinski definition) is 0. The first kappa shape index (κ1) is 24.2. The number of ether oxygens (including phenoxy) is 1. The Hall–Kier alpha value is -3.55. The summed E-state index contributed by atoms with van der Waals surface area (Å²) in [6, 6.07) is 24.2. The summed E-state index contributed by atoms with van der Waals surface area (Å²) in [7, 11) is 1.62. The van der Waals surface area contributed by atoms with Crippen LogP contribution in [0.3, 0.4) is 0 Å². The van der Waals surface area contributed by atoms with Crippen LogP contribution in [0.15, 0.2) is 84.0 Å². The van der Waals surface area contributed by atoms with Crippen molar-refractivity contribution in [2.75, 3.05) is 39.8 Å². The Morgan fingerprint density at radius 1 is 0.917 bits per heavy atom. The van der Waals surface area contributed by atoms with Crippen LogP contribution in [0.2, 0.25) is 0 Å². The Bertz CT molecular complexity index is 1210. The molecule has 0 unspecified atom stereocenters. The van der Waals surface area contributed by atoms with E-state index < -0.39 is 6.04 Å². The van der Waals surface area contributed by atoms with Crippen molar-refractivity contribution in [1.29, 1.82) is 0 Å². The van der Waals surface area contributed by atoms with Crippen LogP contribution >= 0.6 is 0 Å². The van der Waals surface area contributed by atoms with E-state index in [0.717, 1.165) is 49.7 Å². The van der Waals surface area contributed by atoms with Gasteiger partial charge < -0.3 is 4.74 Å². The lowest BCUT2D eigenvalue weighted by atomic mass is 9.98. The number of rotatable bonds is 7. The Balaban J connectivity index is 1.28. The van der Waals surface area contributed by atoms with Crippen molar-refractivity contribution in [3.8, 4) is 5.75 Å². The van der Waals surface area contributed by atoms with E-state index in [1.165, 1.54) is 16.6 Å². The van der Waals surface area contributed by atoms with Crippen LogP contribution in [-0.2, 0) is 11.3 Å². The summed E-state index contributed by atoms with van der Waals surface area (Å²) in [5.74, 6) is 0.326. The summed E-state index contributed by atoms with van der Waals surface area (Å²) in [5.41, 5.74) is 3.46. The zero-order chi connectivity index (χ0) is 24.9. The van der Waals surface area contributed by atoms with E-state index in [1.54, 1.807) is 25.3 Å². The lowest BCUT2D eigenvalue weighted by Crippen LogP contribution is -2.49. The molecule has 0 radical (unpaired) electrons. The Labute approximate surface area is 211 Å². The van der Waals surface area contributed by atoms with Gasteiger partial charge in [0.05, 0.1) is 25.4 Å². The van der Waals surface area contributed by atoms with Crippen LogP contribution < -0.4 is 4.74 Å². The zero-order valence-corrected chi connectivity index (χ0v) is 20.5. The molecule has 6 nitrogen and oxygen atoms in total. The van der Waals surface area contributed by atoms with Crippen molar-refractivity contribution in [2.24, 2.45) is 5.10 Å². The van der Waals surface area contributed by atoms with E-state index in [-0.39, 0.29) is 18.3 Å². The lowest BCUT2D eigenvalue weighted by Gasteiger charge is -2.35. The number of hydrogen-bond acceptors (Lipinski definition) is 5. The predicted octanol–water partition coefficient (Wildman–Crippen LogP) is 4.33. The number of carbonyl (C=O) groups is 1. The molecule has 2 aliphatic rings. The molecule has 5 rings (SSSR count). The maximum Gasteiger partial charge on any atom is 0.257 e. The van der Waals surface area contributed by atoms with E-state index in [9.17, 15) is 9.18 Å². The monoisotopic (exact) mass is 486 g/mol. The second-order valence-corrected chi connectivity index (χ2v) is 9.29. The topological polar surface area (TPSA) is 48.4 Å². The highest BCUT2D eigenvalue weighted by atomic mass is 19.1. The summed E-state index contributed by atoms with van der Waals surface area (Å²) in [6.45, 7) is 4.61. The molecular formula is C29H31FN4O2. The van der Waals surface area contributed by atoms with Gasteiger partial charge in [-0.2, -0.15) is 5.10 Å². The van der Waals surface area contributed by atoms with E-state index in [4.69, 9.17) is 9.84 Å². The van der Waals surface area contributed by atoms with Gasteiger partial charge in [-0.3, -0.25) is 14.6 Å². The Kier molecular flexibility index (Phi) is 7.39. The van der Waals surface area contributed by atoms with Gasteiger partial charge >= 0.3 is 0 Å². The zero-order valence-electron chi connectivity index (χ0n) is 20.5. The first-order valence-electron chi connectivity index (χ1n) is 12.4. The summed E-state index contributed by atoms with van der Waals surface area (Å²) in [4.78, 5) is 18.1. The number of methoxy groups -OCH3 is 1. The fraction of sp³-hybridized carbons (Fsp3) is 0.310. The van der Waals surface area contributed by atoms with E-state index in [2.05, 4.69) is 34.1 Å². The minimum absolute atomic E-state index is 0.108. The van der Waals surface area contributed by atoms with Crippen LogP contribution in [0.5, 0.6) is 5.75 Å². The average Bonchev–Trinajstić information content (AvgIpc) is 3.36. The number of amides is 1. The summed E-state index contributed by atoms with van der Waals surface area (Å²) in [5, 5.41) is 6.20. The van der Waals surface area contributed by atoms with Gasteiger partial charge in [-0.15, -0.1) is 0 Å². The second-order valence-electron chi connectivity index (χ2n) is 9.29. The van der Waals surface area contributed by atoms with Crippen LogP contribution in [-0.4, -0.2) is 66.3 Å². The molecule has 1 fully saturated rings. The first-order valence-corrected chi connectivity index (χ1v) is 12.4. The van der Waals surface area contributed by atoms with Crippen LogP contribution in [0.4, 0.5) is 4.39 Å². The second kappa shape index (κ2) is 11.0. The number of halogens is 1. The highest BCUT2D eigenvalue weighted by Crippen LogP contribution is 2.34. The van der Waals surface area contributed by atoms with Crippen LogP contribution in [0, 0.1) is 5.82 Å². The summed E-state index contributed by atoms with van der Waals surface area (Å²) >= 11 is 0. The van der Waals surface area contributed by atoms with Crippen LogP contribution in [0.25, 0.3) is 0 Å². The molecule has 0 N–H and O–H groups in total. The van der Waals surface area contributed by atoms with Gasteiger partial charge in [-0.25, -0.2) is 9.40 Å². The molecule has 2 aliphatic heterocycles. The number of hydrazone groups is 1. The van der Waals surface area contributed by atoms with Gasteiger partial charge in [-0.05, 0) is 41.5 Å². The fourth-order valence-electron chi connectivity index (χ4n) is 4.90. The molecule has 7 heteroatoms. The molecule has 36 heavy (non-hydrogen) atoms. The molecule has 1 saturated heterocycles. The van der Waals surface area contributed by atoms with E-state index in [0.29, 0.717) is 12.0 Å². The van der Waals surface area contributed by atoms with Gasteiger partial charge in [0.15, 0.2) is 0 Å². The third-order valence-electron chi connectivity index (χ3n) is 6.93. The molecule has 0 saturated carbocycles. The molecule has 1 amide bonds. The predicted molar refractivity (Wildman–Crippen MR) is 138 cm³/mol. The van der Waals surface area contributed by atoms with Gasteiger partial charge in [0, 0.05) is 44.7 Å². The third kappa shape index (κ3) is 5.48. The molecule has 3 aromatic rings. The third-order valence-corrected chi connectivity index (χ3v) is 6.93. The van der Waals surface area contributed by atoms with Crippen molar-refractivity contribution in [3.63, 3.8) is 0 Å². The Morgan fingerprint density at radius 2 is 1.58 bits per heavy atom. The van der Waals surface area contributed by atoms with Gasteiger partial charge in [0.25, 0.3) is 5.91 Å². The smallest absolute Gasteiger partial charge is 0.257 e. The van der Waals surface area contributed by atoms with E-state index >= 15 is 0 Å². The maximum atomic E-state index is 14.8. The van der Waals surface area contributed by atoms with Gasteiger partial charge in [0.1, 0.15) is 11.6 Å². The highest BCUT2D eigenvalue weighted by molar-refractivity contribution is 6.03. The van der Waals surface area contributed by atoms with Crippen molar-refractivity contribution in [3.05, 3.63) is 101 Å². The molecule has 2 heterocycles. The van der Waals surface area contributed by atoms with Crippen molar-refractivity contribution >= 4 is 11.6 Å². The van der Waals surface area contributed by atoms with Gasteiger partial charge in [0.2, 0.25) is 0 Å². The molecule has 0 spiro atoms. The molecular weight excluding hydrogens is 455 g/mol. The largest absolute Gasteiger partial charge is 0.497 e. The maximum absolute atomic E-state index is 14.8. The summed E-state index contributed by atoms with van der Waals surface area (Å²) in [6.07, 6.45) is 0.462. The quantitative estimate of drug-likeness (QED) is 0.499. The van der Waals surface area contributed by atoms with Crippen LogP contribution in [0.1, 0.15) is 29.2 Å².